The van der Waals surface area contributed by atoms with Gasteiger partial charge in [0, 0.05) is 45.0 Å². The van der Waals surface area contributed by atoms with Crippen LogP contribution in [0.25, 0.3) is 0 Å². The van der Waals surface area contributed by atoms with Crippen LogP contribution in [0.1, 0.15) is 18.4 Å². The Balaban J connectivity index is 1.49. The summed E-state index contributed by atoms with van der Waals surface area (Å²) in [6, 6.07) is 14.6. The van der Waals surface area contributed by atoms with Crippen LogP contribution < -0.4 is 15.5 Å². The van der Waals surface area contributed by atoms with E-state index in [-0.39, 0.29) is 23.3 Å². The molecule has 2 amide bonds. The van der Waals surface area contributed by atoms with E-state index in [1.54, 1.807) is 12.1 Å². The summed E-state index contributed by atoms with van der Waals surface area (Å²) in [6.07, 6.45) is 1.56. The molecular formula is C22H28N4O4S. The van der Waals surface area contributed by atoms with Gasteiger partial charge in [-0.25, -0.2) is 8.42 Å². The van der Waals surface area contributed by atoms with Gasteiger partial charge in [0.25, 0.3) is 0 Å². The predicted octanol–water partition coefficient (Wildman–Crippen LogP) is 1.83. The second kappa shape index (κ2) is 9.93. The molecule has 0 bridgehead atoms. The SMILES string of the molecule is CN(CCCNC(=O)CN(C)S(=O)(=O)c1ccc2c(c1)CCC(=O)N2)c1ccccc1. The van der Waals surface area contributed by atoms with E-state index in [1.807, 2.05) is 37.4 Å². The van der Waals surface area contributed by atoms with Crippen LogP contribution in [0.4, 0.5) is 11.4 Å². The molecule has 2 N–H and O–H groups in total. The van der Waals surface area contributed by atoms with Crippen LogP contribution in [-0.4, -0.2) is 58.3 Å². The Morgan fingerprint density at radius 3 is 2.58 bits per heavy atom. The Labute approximate surface area is 183 Å². The van der Waals surface area contributed by atoms with Gasteiger partial charge in [-0.05, 0) is 48.7 Å². The number of hydrogen-bond acceptors (Lipinski definition) is 5. The van der Waals surface area contributed by atoms with Crippen molar-refractivity contribution < 1.29 is 18.0 Å². The van der Waals surface area contributed by atoms with E-state index in [2.05, 4.69) is 15.5 Å². The smallest absolute Gasteiger partial charge is 0.243 e. The van der Waals surface area contributed by atoms with Crippen LogP contribution in [-0.2, 0) is 26.0 Å². The molecule has 0 spiro atoms. The van der Waals surface area contributed by atoms with Gasteiger partial charge in [-0.1, -0.05) is 18.2 Å². The maximum Gasteiger partial charge on any atom is 0.243 e. The third-order valence-electron chi connectivity index (χ3n) is 5.24. The third-order valence-corrected chi connectivity index (χ3v) is 7.04. The standard InChI is InChI=1S/C22H28N4O4S/c1-25(18-7-4-3-5-8-18)14-6-13-23-22(28)16-26(2)31(29,30)19-10-11-20-17(15-19)9-12-21(27)24-20/h3-5,7-8,10-11,15H,6,9,12-14,16H2,1-2H3,(H,23,28)(H,24,27). The van der Waals surface area contributed by atoms with E-state index in [0.717, 1.165) is 28.5 Å². The number of fused-ring (bicyclic) bond motifs is 1. The van der Waals surface area contributed by atoms with Crippen LogP contribution in [0.15, 0.2) is 53.4 Å². The molecule has 0 aromatic heterocycles. The topological polar surface area (TPSA) is 98.8 Å². The van der Waals surface area contributed by atoms with Gasteiger partial charge in [-0.15, -0.1) is 0 Å². The molecule has 2 aromatic rings. The van der Waals surface area contributed by atoms with Crippen molar-refractivity contribution in [3.8, 4) is 0 Å². The molecule has 1 aliphatic heterocycles. The molecule has 0 atom stereocenters. The van der Waals surface area contributed by atoms with Gasteiger partial charge in [-0.3, -0.25) is 9.59 Å². The first-order chi connectivity index (χ1) is 14.8. The highest BCUT2D eigenvalue weighted by Crippen LogP contribution is 2.26. The molecule has 9 heteroatoms. The third kappa shape index (κ3) is 5.83. The average Bonchev–Trinajstić information content (AvgIpc) is 2.76. The molecule has 0 aliphatic carbocycles. The minimum atomic E-state index is -3.81. The lowest BCUT2D eigenvalue weighted by Gasteiger charge is -2.21. The molecule has 166 valence electrons. The van der Waals surface area contributed by atoms with Crippen molar-refractivity contribution >= 4 is 33.2 Å². The summed E-state index contributed by atoms with van der Waals surface area (Å²) in [7, 11) is -0.434. The van der Waals surface area contributed by atoms with Gasteiger partial charge in [0.05, 0.1) is 11.4 Å². The minimum absolute atomic E-state index is 0.0770. The number of para-hydroxylation sites is 1. The number of nitrogens with one attached hydrogen (secondary N) is 2. The first-order valence-corrected chi connectivity index (χ1v) is 11.6. The summed E-state index contributed by atoms with van der Waals surface area (Å²) >= 11 is 0. The van der Waals surface area contributed by atoms with Crippen LogP contribution in [0.2, 0.25) is 0 Å². The number of sulfonamides is 1. The number of rotatable bonds is 9. The summed E-state index contributed by atoms with van der Waals surface area (Å²) in [5.41, 5.74) is 2.52. The van der Waals surface area contributed by atoms with Gasteiger partial charge in [-0.2, -0.15) is 4.31 Å². The molecule has 3 rings (SSSR count). The zero-order valence-corrected chi connectivity index (χ0v) is 18.6. The van der Waals surface area contributed by atoms with Crippen LogP contribution >= 0.6 is 0 Å². The summed E-state index contributed by atoms with van der Waals surface area (Å²) in [5.74, 6) is -0.425. The van der Waals surface area contributed by atoms with Crippen LogP contribution in [0.5, 0.6) is 0 Å². The number of likely N-dealkylation sites (N-methyl/N-ethyl adjacent to an activating group) is 1. The molecule has 0 radical (unpaired) electrons. The first kappa shape index (κ1) is 22.8. The Morgan fingerprint density at radius 1 is 1.10 bits per heavy atom. The minimum Gasteiger partial charge on any atom is -0.375 e. The maximum absolute atomic E-state index is 12.8. The van der Waals surface area contributed by atoms with Gasteiger partial charge in [0.2, 0.25) is 21.8 Å². The highest BCUT2D eigenvalue weighted by molar-refractivity contribution is 7.89. The van der Waals surface area contributed by atoms with E-state index in [0.29, 0.717) is 25.1 Å². The van der Waals surface area contributed by atoms with Crippen molar-refractivity contribution in [2.24, 2.45) is 0 Å². The molecule has 8 nitrogen and oxygen atoms in total. The quantitative estimate of drug-likeness (QED) is 0.575. The maximum atomic E-state index is 12.8. The summed E-state index contributed by atoms with van der Waals surface area (Å²) < 4.78 is 26.7. The van der Waals surface area contributed by atoms with Gasteiger partial charge in [0.1, 0.15) is 0 Å². The fourth-order valence-electron chi connectivity index (χ4n) is 3.40. The Morgan fingerprint density at radius 2 is 1.84 bits per heavy atom. The summed E-state index contributed by atoms with van der Waals surface area (Å²) in [6.45, 7) is 0.969. The van der Waals surface area contributed by atoms with E-state index >= 15 is 0 Å². The molecule has 31 heavy (non-hydrogen) atoms. The highest BCUT2D eigenvalue weighted by atomic mass is 32.2. The second-order valence-electron chi connectivity index (χ2n) is 7.59. The first-order valence-electron chi connectivity index (χ1n) is 10.2. The Hall–Kier alpha value is -2.91. The van der Waals surface area contributed by atoms with E-state index in [1.165, 1.54) is 13.1 Å². The van der Waals surface area contributed by atoms with Crippen LogP contribution in [0, 0.1) is 0 Å². The van der Waals surface area contributed by atoms with Crippen molar-refractivity contribution in [2.45, 2.75) is 24.2 Å². The number of benzene rings is 2. The lowest BCUT2D eigenvalue weighted by molar-refractivity contribution is -0.121. The average molecular weight is 445 g/mol. The number of carbonyl (C=O) groups excluding carboxylic acids is 2. The molecule has 1 aliphatic rings. The van der Waals surface area contributed by atoms with Crippen molar-refractivity contribution in [3.05, 3.63) is 54.1 Å². The van der Waals surface area contributed by atoms with E-state index in [4.69, 9.17) is 0 Å². The second-order valence-corrected chi connectivity index (χ2v) is 9.63. The number of amides is 2. The molecule has 0 fully saturated rings. The molecule has 1 heterocycles. The van der Waals surface area contributed by atoms with Gasteiger partial charge in [0.15, 0.2) is 0 Å². The molecule has 0 saturated heterocycles. The number of nitrogens with zero attached hydrogens (tertiary/aromatic N) is 2. The molecule has 0 saturated carbocycles. The van der Waals surface area contributed by atoms with Gasteiger partial charge < -0.3 is 15.5 Å². The molecule has 0 unspecified atom stereocenters. The fourth-order valence-corrected chi connectivity index (χ4v) is 4.58. The zero-order chi connectivity index (χ0) is 22.4. The Kier molecular flexibility index (Phi) is 7.29. The summed E-state index contributed by atoms with van der Waals surface area (Å²) in [4.78, 5) is 25.9. The lowest BCUT2D eigenvalue weighted by Crippen LogP contribution is -2.39. The highest BCUT2D eigenvalue weighted by Gasteiger charge is 2.25. The lowest BCUT2D eigenvalue weighted by atomic mass is 10.0. The Bertz CT molecular complexity index is 1040. The van der Waals surface area contributed by atoms with Crippen molar-refractivity contribution in [1.82, 2.24) is 9.62 Å². The van der Waals surface area contributed by atoms with E-state index in [9.17, 15) is 18.0 Å². The number of anilines is 2. The number of hydrogen-bond donors (Lipinski definition) is 2. The normalized spacial score (nSPS) is 13.5. The van der Waals surface area contributed by atoms with E-state index < -0.39 is 10.0 Å². The fraction of sp³-hybridized carbons (Fsp3) is 0.364. The van der Waals surface area contributed by atoms with Crippen LogP contribution in [0.3, 0.4) is 0 Å². The summed E-state index contributed by atoms with van der Waals surface area (Å²) in [5, 5.41) is 5.51. The zero-order valence-electron chi connectivity index (χ0n) is 17.8. The monoisotopic (exact) mass is 444 g/mol. The molecular weight excluding hydrogens is 416 g/mol. The predicted molar refractivity (Wildman–Crippen MR) is 121 cm³/mol. The van der Waals surface area contributed by atoms with Gasteiger partial charge >= 0.3 is 0 Å². The number of carbonyl (C=O) groups is 2. The molecule has 2 aromatic carbocycles. The number of aryl methyl sites for hydroxylation is 1. The largest absolute Gasteiger partial charge is 0.375 e. The van der Waals surface area contributed by atoms with Crippen molar-refractivity contribution in [3.63, 3.8) is 0 Å². The van der Waals surface area contributed by atoms with Crippen molar-refractivity contribution in [1.29, 1.82) is 0 Å². The van der Waals surface area contributed by atoms with Crippen molar-refractivity contribution in [2.75, 3.05) is 43.9 Å².